The standard InChI is InChI=1S/H3NO2Si/c2-1-4-3/h2-4H/p-1/b4-1-. The Hall–Kier alpha value is -0.383. The Labute approximate surface area is 25.5 Å². The molecular weight excluding hydrogens is 74.1 g/mol. The SMILES string of the molecule is [O-]/N=[SiH]\O. The molecule has 4 heteroatoms. The number of hydrogen-bond acceptors (Lipinski definition) is 2. The van der Waals surface area contributed by atoms with Gasteiger partial charge in [0.25, 0.3) is 0 Å². The van der Waals surface area contributed by atoms with Crippen LogP contribution < -0.4 is 0 Å². The molecule has 0 bridgehead atoms. The fourth-order valence-electron chi connectivity index (χ4n) is 0. The van der Waals surface area contributed by atoms with E-state index in [9.17, 15) is 0 Å². The maximum absolute atomic E-state index is 8.71. The molecule has 0 radical (unpaired) electrons. The quantitative estimate of drug-likeness (QED) is 0.297. The van der Waals surface area contributed by atoms with Crippen molar-refractivity contribution < 1.29 is 4.80 Å². The van der Waals surface area contributed by atoms with Gasteiger partial charge in [0.2, 0.25) is 0 Å². The molecule has 0 aliphatic carbocycles. The highest BCUT2D eigenvalue weighted by Crippen LogP contribution is 1.37. The summed E-state index contributed by atoms with van der Waals surface area (Å²) in [6, 6.07) is 0. The molecule has 0 aromatic heterocycles. The second kappa shape index (κ2) is 2.62. The first kappa shape index (κ1) is 3.62. The number of nitrogens with zero attached hydrogens (tertiary/aromatic N) is 1. The highest BCUT2D eigenvalue weighted by atomic mass is 28.2. The summed E-state index contributed by atoms with van der Waals surface area (Å²) in [7, 11) is -1.15. The Morgan fingerprint density at radius 3 is 2.25 bits per heavy atom. The van der Waals surface area contributed by atoms with Crippen LogP contribution in [0, 0.1) is 5.21 Å². The molecule has 0 rings (SSSR count). The predicted octanol–water partition coefficient (Wildman–Crippen LogP) is -0.988. The van der Waals surface area contributed by atoms with Gasteiger partial charge in [0, 0.05) is 0 Å². The maximum Gasteiger partial charge on any atom is 0.325 e. The van der Waals surface area contributed by atoms with Crippen LogP contribution in [0.2, 0.25) is 0 Å². The molecular formula is H2NO2Si-. The fraction of sp³-hybridized carbons (Fsp3) is 0. The summed E-state index contributed by atoms with van der Waals surface area (Å²) >= 11 is 0. The summed E-state index contributed by atoms with van der Waals surface area (Å²) in [6.07, 6.45) is 0. The van der Waals surface area contributed by atoms with Crippen molar-refractivity contribution in [3.63, 3.8) is 0 Å². The summed E-state index contributed by atoms with van der Waals surface area (Å²) in [5.41, 5.74) is 0. The average molecular weight is 76.1 g/mol. The van der Waals surface area contributed by atoms with E-state index in [0.29, 0.717) is 0 Å². The third-order valence-electron chi connectivity index (χ3n) is 0.0471. The van der Waals surface area contributed by atoms with Crippen molar-refractivity contribution in [2.24, 2.45) is 4.80 Å². The highest BCUT2D eigenvalue weighted by Gasteiger charge is 1.30. The van der Waals surface area contributed by atoms with E-state index < -0.39 is 9.56 Å². The molecule has 0 aliphatic heterocycles. The third kappa shape index (κ3) is 1.62. The Morgan fingerprint density at radius 1 is 2.00 bits per heavy atom. The van der Waals surface area contributed by atoms with Gasteiger partial charge in [0.1, 0.15) is 0 Å². The number of hydrogen-bond donors (Lipinski definition) is 1. The van der Waals surface area contributed by atoms with Crippen LogP contribution in [-0.4, -0.2) is 14.4 Å². The molecule has 0 amide bonds. The minimum absolute atomic E-state index is 1.15. The lowest BCUT2D eigenvalue weighted by molar-refractivity contribution is 0.615. The van der Waals surface area contributed by atoms with Crippen molar-refractivity contribution in [1.82, 2.24) is 0 Å². The van der Waals surface area contributed by atoms with E-state index >= 15 is 0 Å². The first-order valence-corrected chi connectivity index (χ1v) is 1.73. The van der Waals surface area contributed by atoms with E-state index in [0.717, 1.165) is 0 Å². The zero-order chi connectivity index (χ0) is 3.41. The van der Waals surface area contributed by atoms with E-state index in [2.05, 4.69) is 4.80 Å². The van der Waals surface area contributed by atoms with Crippen molar-refractivity contribution >= 4 is 9.56 Å². The molecule has 0 spiro atoms. The second-order valence-corrected chi connectivity index (χ2v) is 0.663. The van der Waals surface area contributed by atoms with Crippen molar-refractivity contribution in [1.29, 1.82) is 0 Å². The fourth-order valence-corrected chi connectivity index (χ4v) is 0. The van der Waals surface area contributed by atoms with Crippen molar-refractivity contribution in [2.45, 2.75) is 0 Å². The van der Waals surface area contributed by atoms with E-state index in [1.165, 1.54) is 0 Å². The van der Waals surface area contributed by atoms with Gasteiger partial charge in [-0.15, -0.1) is 0 Å². The number of rotatable bonds is 0. The summed E-state index contributed by atoms with van der Waals surface area (Å²) in [6.45, 7) is 0. The monoisotopic (exact) mass is 76.0 g/mol. The Kier molecular flexibility index (Phi) is 2.37. The van der Waals surface area contributed by atoms with E-state index in [1.807, 2.05) is 0 Å². The first-order chi connectivity index (χ1) is 1.91. The first-order valence-electron chi connectivity index (χ1n) is 0.699. The van der Waals surface area contributed by atoms with Gasteiger partial charge in [-0.2, -0.15) is 0 Å². The lowest BCUT2D eigenvalue weighted by Crippen LogP contribution is -1.59. The molecule has 0 fully saturated rings. The van der Waals surface area contributed by atoms with Gasteiger partial charge >= 0.3 is 9.56 Å². The zero-order valence-corrected chi connectivity index (χ0v) is 3.03. The third-order valence-corrected chi connectivity index (χ3v) is 0.141. The van der Waals surface area contributed by atoms with Crippen LogP contribution in [0.15, 0.2) is 4.80 Å². The van der Waals surface area contributed by atoms with Gasteiger partial charge in [0.05, 0.1) is 0 Å². The Balaban J connectivity index is 2.55. The molecule has 24 valence electrons. The van der Waals surface area contributed by atoms with Gasteiger partial charge < -0.3 is 14.8 Å². The van der Waals surface area contributed by atoms with Gasteiger partial charge in [-0.25, -0.2) is 0 Å². The maximum atomic E-state index is 8.71. The van der Waals surface area contributed by atoms with Gasteiger partial charge in [0.15, 0.2) is 0 Å². The van der Waals surface area contributed by atoms with Crippen LogP contribution >= 0.6 is 0 Å². The van der Waals surface area contributed by atoms with Gasteiger partial charge in [-0.1, -0.05) is 0 Å². The predicted molar refractivity (Wildman–Crippen MR) is 15.2 cm³/mol. The smallest absolute Gasteiger partial charge is 0.325 e. The molecule has 0 heterocycles. The summed E-state index contributed by atoms with van der Waals surface area (Å²) in [4.78, 5) is 9.60. The van der Waals surface area contributed by atoms with Crippen LogP contribution in [-0.2, 0) is 0 Å². The largest absolute Gasteiger partial charge is 0.799 e. The van der Waals surface area contributed by atoms with Gasteiger partial charge in [-0.05, 0) is 0 Å². The second-order valence-electron chi connectivity index (χ2n) is 0.221. The van der Waals surface area contributed by atoms with Gasteiger partial charge in [-0.3, -0.25) is 0 Å². The molecule has 0 atom stereocenters. The van der Waals surface area contributed by atoms with Crippen molar-refractivity contribution in [2.75, 3.05) is 0 Å². The molecule has 3 nitrogen and oxygen atoms in total. The minimum atomic E-state index is -1.15. The molecule has 0 saturated carbocycles. The van der Waals surface area contributed by atoms with Crippen molar-refractivity contribution in [3.8, 4) is 0 Å². The molecule has 0 aromatic carbocycles. The van der Waals surface area contributed by atoms with Crippen LogP contribution in [0.3, 0.4) is 0 Å². The van der Waals surface area contributed by atoms with Crippen LogP contribution in [0.25, 0.3) is 0 Å². The van der Waals surface area contributed by atoms with Crippen LogP contribution in [0.1, 0.15) is 0 Å². The summed E-state index contributed by atoms with van der Waals surface area (Å²) in [5, 5.41) is 8.71. The molecule has 0 aliphatic rings. The lowest BCUT2D eigenvalue weighted by Gasteiger charge is -1.77. The van der Waals surface area contributed by atoms with Crippen LogP contribution in [0.5, 0.6) is 0 Å². The lowest BCUT2D eigenvalue weighted by atomic mass is 13.6. The molecule has 0 aromatic rings. The molecule has 0 saturated heterocycles. The zero-order valence-electron chi connectivity index (χ0n) is 1.88. The molecule has 4 heavy (non-hydrogen) atoms. The summed E-state index contributed by atoms with van der Waals surface area (Å²) in [5.74, 6) is 0. The van der Waals surface area contributed by atoms with E-state index in [-0.39, 0.29) is 0 Å². The Bertz CT molecular complexity index is 21.2. The van der Waals surface area contributed by atoms with Crippen LogP contribution in [0.4, 0.5) is 0 Å². The minimum Gasteiger partial charge on any atom is -0.799 e. The average Bonchev–Trinajstić information content (AvgIpc) is 1.37. The molecule has 0 unspecified atom stereocenters. The molecule has 1 N–H and O–H groups in total. The van der Waals surface area contributed by atoms with E-state index in [4.69, 9.17) is 10.0 Å². The van der Waals surface area contributed by atoms with Crippen molar-refractivity contribution in [3.05, 3.63) is 5.21 Å². The highest BCUT2D eigenvalue weighted by molar-refractivity contribution is 6.10. The summed E-state index contributed by atoms with van der Waals surface area (Å²) < 4.78 is 0. The topological polar surface area (TPSA) is 55.7 Å². The normalized spacial score (nSPS) is 9.00. The van der Waals surface area contributed by atoms with E-state index in [1.54, 1.807) is 0 Å². The Morgan fingerprint density at radius 2 is 2.25 bits per heavy atom.